The van der Waals surface area contributed by atoms with Crippen molar-refractivity contribution in [1.29, 1.82) is 0 Å². The fraction of sp³-hybridized carbons (Fsp3) is 0.500. The molecule has 2 aliphatic rings. The minimum absolute atomic E-state index is 0.280. The lowest BCUT2D eigenvalue weighted by molar-refractivity contribution is -0.0168. The van der Waals surface area contributed by atoms with Gasteiger partial charge in [-0.05, 0) is 25.0 Å². The molecule has 3 heterocycles. The number of benzene rings is 1. The molecule has 6 nitrogen and oxygen atoms in total. The van der Waals surface area contributed by atoms with Crippen LogP contribution in [0, 0.1) is 0 Å². The van der Waals surface area contributed by atoms with Gasteiger partial charge >= 0.3 is 0 Å². The van der Waals surface area contributed by atoms with Crippen LogP contribution in [0.25, 0.3) is 0 Å². The summed E-state index contributed by atoms with van der Waals surface area (Å²) in [6.45, 7) is 2.46. The summed E-state index contributed by atoms with van der Waals surface area (Å²) in [6, 6.07) is 3.83. The van der Waals surface area contributed by atoms with Gasteiger partial charge in [-0.2, -0.15) is 0 Å². The first-order valence-electron chi connectivity index (χ1n) is 8.11. The Morgan fingerprint density at radius 3 is 3.20 bits per heavy atom. The molecule has 1 fully saturated rings. The molecule has 2 aliphatic heterocycles. The van der Waals surface area contributed by atoms with Crippen molar-refractivity contribution in [1.82, 2.24) is 10.2 Å². The van der Waals surface area contributed by atoms with E-state index in [1.165, 1.54) is 0 Å². The summed E-state index contributed by atoms with van der Waals surface area (Å²) in [5.41, 5.74) is 2.05. The molecule has 0 saturated carbocycles. The van der Waals surface area contributed by atoms with Gasteiger partial charge in [0.1, 0.15) is 5.75 Å². The van der Waals surface area contributed by atoms with Gasteiger partial charge in [0.25, 0.3) is 0 Å². The predicted octanol–water partition coefficient (Wildman–Crippen LogP) is 3.94. The van der Waals surface area contributed by atoms with Crippen molar-refractivity contribution in [3.8, 4) is 5.75 Å². The maximum Gasteiger partial charge on any atom is 0.206 e. The Labute approximate surface area is 159 Å². The van der Waals surface area contributed by atoms with E-state index in [1.54, 1.807) is 23.1 Å². The maximum absolute atomic E-state index is 6.20. The number of nitrogens with zero attached hydrogens (tertiary/aromatic N) is 2. The molecule has 0 amide bonds. The van der Waals surface area contributed by atoms with Crippen molar-refractivity contribution in [3.05, 3.63) is 28.3 Å². The fourth-order valence-electron chi connectivity index (χ4n) is 2.85. The zero-order valence-electron chi connectivity index (χ0n) is 13.5. The van der Waals surface area contributed by atoms with Crippen LogP contribution in [0.3, 0.4) is 0 Å². The number of hydrogen-bond donors (Lipinski definition) is 1. The molecule has 1 aromatic carbocycles. The van der Waals surface area contributed by atoms with E-state index in [4.69, 9.17) is 25.8 Å². The van der Waals surface area contributed by atoms with E-state index < -0.39 is 0 Å². The molecule has 0 aliphatic carbocycles. The van der Waals surface area contributed by atoms with E-state index in [2.05, 4.69) is 15.5 Å². The molecular weight excluding hydrogens is 382 g/mol. The van der Waals surface area contributed by atoms with Gasteiger partial charge in [0.05, 0.1) is 12.7 Å². The predicted molar refractivity (Wildman–Crippen MR) is 98.7 cm³/mol. The molecule has 1 saturated heterocycles. The lowest BCUT2D eigenvalue weighted by Crippen LogP contribution is -2.18. The molecule has 0 bridgehead atoms. The van der Waals surface area contributed by atoms with E-state index in [-0.39, 0.29) is 12.9 Å². The van der Waals surface area contributed by atoms with E-state index in [1.807, 2.05) is 12.1 Å². The van der Waals surface area contributed by atoms with Crippen LogP contribution in [0.1, 0.15) is 24.0 Å². The standard InChI is InChI=1S/C16H18ClN3O3S2/c17-12-4-10-7-21-9-23-14(10)11(5-12)8-24-16-20-19-15(25-16)18-6-13-2-1-3-22-13/h4-5,13H,1-3,6-9H2,(H,18,19). The Morgan fingerprint density at radius 1 is 1.36 bits per heavy atom. The Kier molecular flexibility index (Phi) is 5.62. The average molecular weight is 400 g/mol. The zero-order valence-corrected chi connectivity index (χ0v) is 15.9. The zero-order chi connectivity index (χ0) is 17.1. The first-order chi connectivity index (χ1) is 12.3. The van der Waals surface area contributed by atoms with E-state index >= 15 is 0 Å². The van der Waals surface area contributed by atoms with Gasteiger partial charge in [0, 0.05) is 35.1 Å². The SMILES string of the molecule is Clc1cc2c(c(CSc3nnc(NCC4CCCO4)s3)c1)OCOC2. The molecule has 1 atom stereocenters. The molecule has 4 rings (SSSR count). The fourth-order valence-corrected chi connectivity index (χ4v) is 4.84. The molecule has 1 unspecified atom stereocenters. The number of rotatable bonds is 6. The average Bonchev–Trinajstić information content (AvgIpc) is 3.29. The molecule has 25 heavy (non-hydrogen) atoms. The highest BCUT2D eigenvalue weighted by Crippen LogP contribution is 2.36. The summed E-state index contributed by atoms with van der Waals surface area (Å²) < 4.78 is 17.5. The monoisotopic (exact) mass is 399 g/mol. The second kappa shape index (κ2) is 8.09. The number of nitrogens with one attached hydrogen (secondary N) is 1. The number of ether oxygens (including phenoxy) is 3. The van der Waals surface area contributed by atoms with Gasteiger partial charge < -0.3 is 19.5 Å². The highest BCUT2D eigenvalue weighted by molar-refractivity contribution is 8.00. The Balaban J connectivity index is 1.36. The molecule has 1 aromatic heterocycles. The van der Waals surface area contributed by atoms with Crippen molar-refractivity contribution in [2.45, 2.75) is 35.6 Å². The minimum Gasteiger partial charge on any atom is -0.467 e. The number of anilines is 1. The van der Waals surface area contributed by atoms with Crippen molar-refractivity contribution < 1.29 is 14.2 Å². The van der Waals surface area contributed by atoms with Crippen LogP contribution in [0.2, 0.25) is 5.02 Å². The highest BCUT2D eigenvalue weighted by atomic mass is 35.5. The third-order valence-corrected chi connectivity index (χ3v) is 6.30. The second-order valence-corrected chi connectivity index (χ2v) is 8.48. The van der Waals surface area contributed by atoms with Gasteiger partial charge in [0.2, 0.25) is 5.13 Å². The number of fused-ring (bicyclic) bond motifs is 1. The maximum atomic E-state index is 6.20. The number of thioether (sulfide) groups is 1. The smallest absolute Gasteiger partial charge is 0.206 e. The van der Waals surface area contributed by atoms with Crippen molar-refractivity contribution >= 4 is 39.8 Å². The summed E-state index contributed by atoms with van der Waals surface area (Å²) >= 11 is 9.38. The molecule has 2 aromatic rings. The first kappa shape index (κ1) is 17.4. The number of halogens is 1. The summed E-state index contributed by atoms with van der Waals surface area (Å²) in [6.07, 6.45) is 2.54. The van der Waals surface area contributed by atoms with Crippen LogP contribution in [0.15, 0.2) is 16.5 Å². The largest absolute Gasteiger partial charge is 0.467 e. The van der Waals surface area contributed by atoms with Crippen LogP contribution in [-0.4, -0.2) is 36.2 Å². The van der Waals surface area contributed by atoms with E-state index in [0.717, 1.165) is 58.1 Å². The van der Waals surface area contributed by atoms with Crippen LogP contribution in [0.5, 0.6) is 5.75 Å². The molecule has 134 valence electrons. The lowest BCUT2D eigenvalue weighted by Gasteiger charge is -2.20. The lowest BCUT2D eigenvalue weighted by atomic mass is 10.1. The van der Waals surface area contributed by atoms with Crippen LogP contribution < -0.4 is 10.1 Å². The molecule has 9 heteroatoms. The van der Waals surface area contributed by atoms with Crippen molar-refractivity contribution in [3.63, 3.8) is 0 Å². The molecule has 1 N–H and O–H groups in total. The van der Waals surface area contributed by atoms with Crippen LogP contribution >= 0.6 is 34.7 Å². The Hall–Kier alpha value is -1.06. The van der Waals surface area contributed by atoms with Gasteiger partial charge in [-0.1, -0.05) is 34.7 Å². The van der Waals surface area contributed by atoms with Crippen LogP contribution in [0.4, 0.5) is 5.13 Å². The van der Waals surface area contributed by atoms with Crippen molar-refractivity contribution in [2.75, 3.05) is 25.3 Å². The molecule has 0 radical (unpaired) electrons. The topological polar surface area (TPSA) is 65.5 Å². The normalized spacial score (nSPS) is 19.5. The van der Waals surface area contributed by atoms with Gasteiger partial charge in [-0.25, -0.2) is 0 Å². The third kappa shape index (κ3) is 4.38. The van der Waals surface area contributed by atoms with E-state index in [0.29, 0.717) is 11.6 Å². The summed E-state index contributed by atoms with van der Waals surface area (Å²) in [5.74, 6) is 1.60. The number of aromatic nitrogens is 2. The van der Waals surface area contributed by atoms with Gasteiger partial charge in [0.15, 0.2) is 11.1 Å². The Bertz CT molecular complexity index is 737. The van der Waals surface area contributed by atoms with Gasteiger partial charge in [-0.15, -0.1) is 10.2 Å². The first-order valence-corrected chi connectivity index (χ1v) is 10.3. The summed E-state index contributed by atoms with van der Waals surface area (Å²) in [7, 11) is 0. The second-order valence-electron chi connectivity index (χ2n) is 5.84. The minimum atomic E-state index is 0.280. The number of hydrogen-bond acceptors (Lipinski definition) is 8. The van der Waals surface area contributed by atoms with Crippen molar-refractivity contribution in [2.24, 2.45) is 0 Å². The van der Waals surface area contributed by atoms with Crippen LogP contribution in [-0.2, 0) is 21.8 Å². The quantitative estimate of drug-likeness (QED) is 0.738. The molecule has 0 spiro atoms. The highest BCUT2D eigenvalue weighted by Gasteiger charge is 2.18. The van der Waals surface area contributed by atoms with E-state index in [9.17, 15) is 0 Å². The summed E-state index contributed by atoms with van der Waals surface area (Å²) in [5, 5.41) is 13.3. The third-order valence-electron chi connectivity index (χ3n) is 4.01. The molecular formula is C16H18ClN3O3S2. The van der Waals surface area contributed by atoms with Gasteiger partial charge in [-0.3, -0.25) is 0 Å². The summed E-state index contributed by atoms with van der Waals surface area (Å²) in [4.78, 5) is 0. The Morgan fingerprint density at radius 2 is 2.32 bits per heavy atom.